The molecular weight excluding hydrogens is 408 g/mol. The zero-order valence-electron chi connectivity index (χ0n) is 18.2. The summed E-state index contributed by atoms with van der Waals surface area (Å²) >= 11 is 1.87. The first-order valence-corrected chi connectivity index (χ1v) is 11.8. The highest BCUT2D eigenvalue weighted by molar-refractivity contribution is 7.98. The van der Waals surface area contributed by atoms with Crippen LogP contribution in [0, 0.1) is 6.92 Å². The highest BCUT2D eigenvalue weighted by Crippen LogP contribution is 2.32. The van der Waals surface area contributed by atoms with Crippen LogP contribution in [-0.4, -0.2) is 40.9 Å². The number of thioether (sulfide) groups is 1. The molecule has 2 unspecified atom stereocenters. The van der Waals surface area contributed by atoms with Gasteiger partial charge in [-0.05, 0) is 36.6 Å². The summed E-state index contributed by atoms with van der Waals surface area (Å²) in [6, 6.07) is 16.9. The third kappa shape index (κ3) is 6.12. The van der Waals surface area contributed by atoms with Crippen LogP contribution in [0.2, 0.25) is 0 Å². The first kappa shape index (κ1) is 21.9. The summed E-state index contributed by atoms with van der Waals surface area (Å²) in [6.07, 6.45) is 7.39. The summed E-state index contributed by atoms with van der Waals surface area (Å²) in [7, 11) is 1.70. The Labute approximate surface area is 188 Å². The predicted octanol–water partition coefficient (Wildman–Crippen LogP) is 4.88. The standard InChI is InChI=1S/C25H30N2O3S/c1-20-6-8-21(9-7-20)10-11-25(18-27-13-12-26-19-27)29-15-24(30-25)17-31-16-22-4-3-5-23(14-22)28-2/h3-9,12-14,19,24H,10-11,15-18H2,1-2H3. The lowest BCUT2D eigenvalue weighted by Gasteiger charge is -2.28. The highest BCUT2D eigenvalue weighted by Gasteiger charge is 2.41. The number of benzene rings is 2. The average Bonchev–Trinajstić information content (AvgIpc) is 3.44. The molecule has 1 aromatic heterocycles. The van der Waals surface area contributed by atoms with Gasteiger partial charge in [-0.2, -0.15) is 11.8 Å². The molecule has 1 aliphatic rings. The van der Waals surface area contributed by atoms with Crippen LogP contribution in [0.25, 0.3) is 0 Å². The maximum Gasteiger partial charge on any atom is 0.187 e. The molecule has 0 saturated carbocycles. The number of aromatic nitrogens is 2. The van der Waals surface area contributed by atoms with Gasteiger partial charge < -0.3 is 18.8 Å². The fourth-order valence-corrected chi connectivity index (χ4v) is 4.77. The van der Waals surface area contributed by atoms with Gasteiger partial charge in [-0.1, -0.05) is 42.0 Å². The molecule has 1 aliphatic heterocycles. The van der Waals surface area contributed by atoms with Gasteiger partial charge >= 0.3 is 0 Å². The predicted molar refractivity (Wildman–Crippen MR) is 124 cm³/mol. The molecule has 1 saturated heterocycles. The number of nitrogens with zero attached hydrogens (tertiary/aromatic N) is 2. The maximum atomic E-state index is 6.53. The Morgan fingerprint density at radius 1 is 1.19 bits per heavy atom. The minimum absolute atomic E-state index is 0.0807. The molecule has 3 aromatic rings. The quantitative estimate of drug-likeness (QED) is 0.452. The Bertz CT molecular complexity index is 946. The minimum Gasteiger partial charge on any atom is -0.497 e. The summed E-state index contributed by atoms with van der Waals surface area (Å²) in [4.78, 5) is 4.18. The summed E-state index contributed by atoms with van der Waals surface area (Å²) in [5.41, 5.74) is 3.84. The first-order valence-electron chi connectivity index (χ1n) is 10.7. The molecule has 0 N–H and O–H groups in total. The van der Waals surface area contributed by atoms with E-state index in [1.807, 2.05) is 41.0 Å². The lowest BCUT2D eigenvalue weighted by atomic mass is 10.0. The van der Waals surface area contributed by atoms with Crippen LogP contribution >= 0.6 is 11.8 Å². The minimum atomic E-state index is -0.618. The molecule has 5 nitrogen and oxygen atoms in total. The van der Waals surface area contributed by atoms with Crippen LogP contribution in [0.4, 0.5) is 0 Å². The normalized spacial score (nSPS) is 20.8. The van der Waals surface area contributed by atoms with Gasteiger partial charge in [-0.15, -0.1) is 0 Å². The molecular formula is C25H30N2O3S. The van der Waals surface area contributed by atoms with Crippen molar-refractivity contribution in [3.8, 4) is 5.75 Å². The molecule has 2 atom stereocenters. The van der Waals surface area contributed by atoms with Crippen molar-refractivity contribution in [2.75, 3.05) is 19.5 Å². The summed E-state index contributed by atoms with van der Waals surface area (Å²) in [6.45, 7) is 3.38. The average molecular weight is 439 g/mol. The van der Waals surface area contributed by atoms with E-state index in [0.29, 0.717) is 13.2 Å². The van der Waals surface area contributed by atoms with Gasteiger partial charge in [0, 0.05) is 30.3 Å². The fraction of sp³-hybridized carbons (Fsp3) is 0.400. The number of ether oxygens (including phenoxy) is 3. The topological polar surface area (TPSA) is 45.5 Å². The van der Waals surface area contributed by atoms with Crippen molar-refractivity contribution < 1.29 is 14.2 Å². The zero-order chi connectivity index (χ0) is 21.5. The molecule has 1 fully saturated rings. The maximum absolute atomic E-state index is 6.53. The van der Waals surface area contributed by atoms with Crippen molar-refractivity contribution in [1.82, 2.24) is 9.55 Å². The van der Waals surface area contributed by atoms with Crippen molar-refractivity contribution in [2.24, 2.45) is 0 Å². The largest absolute Gasteiger partial charge is 0.497 e. The van der Waals surface area contributed by atoms with E-state index in [0.717, 1.165) is 30.1 Å². The lowest BCUT2D eigenvalue weighted by Crippen LogP contribution is -2.37. The fourth-order valence-electron chi connectivity index (χ4n) is 3.81. The Morgan fingerprint density at radius 2 is 2.06 bits per heavy atom. The van der Waals surface area contributed by atoms with Crippen molar-refractivity contribution >= 4 is 11.8 Å². The van der Waals surface area contributed by atoms with Crippen LogP contribution in [-0.2, 0) is 28.2 Å². The van der Waals surface area contributed by atoms with E-state index in [-0.39, 0.29) is 6.10 Å². The molecule has 0 radical (unpaired) electrons. The Kier molecular flexibility index (Phi) is 7.33. The van der Waals surface area contributed by atoms with Gasteiger partial charge in [-0.3, -0.25) is 0 Å². The third-order valence-corrected chi connectivity index (χ3v) is 6.66. The second-order valence-electron chi connectivity index (χ2n) is 8.05. The van der Waals surface area contributed by atoms with Gasteiger partial charge in [0.2, 0.25) is 0 Å². The molecule has 31 heavy (non-hydrogen) atoms. The Morgan fingerprint density at radius 3 is 2.84 bits per heavy atom. The van der Waals surface area contributed by atoms with E-state index < -0.39 is 5.79 Å². The summed E-state index contributed by atoms with van der Waals surface area (Å²) in [5.74, 6) is 2.10. The molecule has 164 valence electrons. The second-order valence-corrected chi connectivity index (χ2v) is 9.08. The lowest BCUT2D eigenvalue weighted by molar-refractivity contribution is -0.180. The zero-order valence-corrected chi connectivity index (χ0v) is 19.0. The summed E-state index contributed by atoms with van der Waals surface area (Å²) in [5, 5.41) is 0. The van der Waals surface area contributed by atoms with Gasteiger partial charge in [0.05, 0.1) is 32.7 Å². The van der Waals surface area contributed by atoms with Crippen LogP contribution < -0.4 is 4.74 Å². The number of aryl methyl sites for hydroxylation is 2. The first-order chi connectivity index (χ1) is 15.1. The van der Waals surface area contributed by atoms with E-state index in [1.165, 1.54) is 16.7 Å². The smallest absolute Gasteiger partial charge is 0.187 e. The molecule has 0 spiro atoms. The number of hydrogen-bond donors (Lipinski definition) is 0. The van der Waals surface area contributed by atoms with Crippen LogP contribution in [0.3, 0.4) is 0 Å². The van der Waals surface area contributed by atoms with E-state index >= 15 is 0 Å². The molecule has 4 rings (SSSR count). The van der Waals surface area contributed by atoms with E-state index in [1.54, 1.807) is 13.3 Å². The number of imidazole rings is 1. The van der Waals surface area contributed by atoms with Crippen molar-refractivity contribution in [2.45, 2.75) is 44.0 Å². The molecule has 0 amide bonds. The van der Waals surface area contributed by atoms with Gasteiger partial charge in [0.25, 0.3) is 0 Å². The SMILES string of the molecule is COc1cccc(CSCC2COC(CCc3ccc(C)cc3)(Cn3ccnc3)O2)c1. The van der Waals surface area contributed by atoms with Crippen LogP contribution in [0.5, 0.6) is 5.75 Å². The van der Waals surface area contributed by atoms with Crippen molar-refractivity contribution in [3.63, 3.8) is 0 Å². The molecule has 0 bridgehead atoms. The number of methoxy groups -OCH3 is 1. The molecule has 2 aromatic carbocycles. The van der Waals surface area contributed by atoms with E-state index in [9.17, 15) is 0 Å². The number of rotatable bonds is 10. The molecule has 2 heterocycles. The highest BCUT2D eigenvalue weighted by atomic mass is 32.2. The van der Waals surface area contributed by atoms with Gasteiger partial charge in [0.1, 0.15) is 5.75 Å². The Balaban J connectivity index is 1.35. The molecule has 0 aliphatic carbocycles. The van der Waals surface area contributed by atoms with Crippen molar-refractivity contribution in [1.29, 1.82) is 0 Å². The third-order valence-electron chi connectivity index (χ3n) is 5.52. The van der Waals surface area contributed by atoms with Crippen LogP contribution in [0.15, 0.2) is 67.3 Å². The van der Waals surface area contributed by atoms with Crippen LogP contribution in [0.1, 0.15) is 23.1 Å². The van der Waals surface area contributed by atoms with Gasteiger partial charge in [0.15, 0.2) is 5.79 Å². The molecule has 6 heteroatoms. The van der Waals surface area contributed by atoms with Crippen molar-refractivity contribution in [3.05, 3.63) is 83.9 Å². The van der Waals surface area contributed by atoms with Gasteiger partial charge in [-0.25, -0.2) is 4.98 Å². The second kappa shape index (κ2) is 10.4. The monoisotopic (exact) mass is 438 g/mol. The van der Waals surface area contributed by atoms with E-state index in [4.69, 9.17) is 14.2 Å². The van der Waals surface area contributed by atoms with E-state index in [2.05, 4.69) is 48.3 Å². The Hall–Kier alpha value is -2.28. The summed E-state index contributed by atoms with van der Waals surface area (Å²) < 4.78 is 20.2. The number of hydrogen-bond acceptors (Lipinski definition) is 5.